The van der Waals surface area contributed by atoms with Crippen LogP contribution in [0.4, 0.5) is 0 Å². The monoisotopic (exact) mass is 449 g/mol. The normalized spacial score (nSPS) is 18.6. The number of ketones is 1. The minimum absolute atomic E-state index is 0.116. The molecule has 1 atom stereocenters. The van der Waals surface area contributed by atoms with Crippen LogP contribution in [0.25, 0.3) is 11.4 Å². The predicted octanol–water partition coefficient (Wildman–Crippen LogP) is 5.37. The number of methoxy groups -OCH3 is 2. The fourth-order valence-electron chi connectivity index (χ4n) is 4.82. The molecule has 0 aliphatic heterocycles. The minimum Gasteiger partial charge on any atom is -0.493 e. The van der Waals surface area contributed by atoms with Gasteiger partial charge >= 0.3 is 0 Å². The highest BCUT2D eigenvalue weighted by Crippen LogP contribution is 2.42. The Morgan fingerprint density at radius 3 is 2.41 bits per heavy atom. The van der Waals surface area contributed by atoms with Crippen LogP contribution in [-0.4, -0.2) is 40.0 Å². The number of carbonyl (C=O) groups is 1. The largest absolute Gasteiger partial charge is 0.493 e. The number of hydrogen-bond donors (Lipinski definition) is 0. The molecule has 2 aromatic carbocycles. The van der Waals surface area contributed by atoms with Gasteiger partial charge in [-0.15, -0.1) is 10.2 Å². The van der Waals surface area contributed by atoms with Crippen LogP contribution in [0.15, 0.2) is 47.6 Å². The van der Waals surface area contributed by atoms with Gasteiger partial charge in [0.1, 0.15) is 0 Å². The number of benzene rings is 2. The average Bonchev–Trinajstić information content (AvgIpc) is 3.40. The lowest BCUT2D eigenvalue weighted by atomic mass is 9.95. The van der Waals surface area contributed by atoms with Crippen molar-refractivity contribution in [3.63, 3.8) is 0 Å². The molecule has 1 fully saturated rings. The molecule has 0 amide bonds. The van der Waals surface area contributed by atoms with Crippen LogP contribution in [0.2, 0.25) is 0 Å². The summed E-state index contributed by atoms with van der Waals surface area (Å²) in [5.74, 6) is 2.25. The van der Waals surface area contributed by atoms with E-state index in [1.54, 1.807) is 20.3 Å². The Labute approximate surface area is 192 Å². The number of aromatic nitrogens is 3. The number of nitrogens with zero attached hydrogens (tertiary/aromatic N) is 3. The molecule has 7 heteroatoms. The van der Waals surface area contributed by atoms with Gasteiger partial charge in [0.2, 0.25) is 0 Å². The zero-order valence-electron chi connectivity index (χ0n) is 18.4. The van der Waals surface area contributed by atoms with Crippen LogP contribution >= 0.6 is 11.8 Å². The zero-order chi connectivity index (χ0) is 22.1. The van der Waals surface area contributed by atoms with E-state index >= 15 is 0 Å². The van der Waals surface area contributed by atoms with Gasteiger partial charge in [-0.3, -0.25) is 9.36 Å². The predicted molar refractivity (Wildman–Crippen MR) is 125 cm³/mol. The zero-order valence-corrected chi connectivity index (χ0v) is 19.2. The molecule has 1 heterocycles. The van der Waals surface area contributed by atoms with Crippen molar-refractivity contribution in [1.29, 1.82) is 0 Å². The van der Waals surface area contributed by atoms with Crippen molar-refractivity contribution in [2.75, 3.05) is 14.2 Å². The Balaban J connectivity index is 1.48. The fourth-order valence-corrected chi connectivity index (χ4v) is 6.01. The summed E-state index contributed by atoms with van der Waals surface area (Å²) in [6, 6.07) is 14.3. The first-order valence-electron chi connectivity index (χ1n) is 11.2. The van der Waals surface area contributed by atoms with Gasteiger partial charge in [-0.05, 0) is 37.0 Å². The first-order chi connectivity index (χ1) is 15.7. The van der Waals surface area contributed by atoms with E-state index in [-0.39, 0.29) is 11.0 Å². The maximum absolute atomic E-state index is 13.3. The second-order valence-corrected chi connectivity index (χ2v) is 9.54. The van der Waals surface area contributed by atoms with Crippen molar-refractivity contribution in [2.45, 2.75) is 55.0 Å². The van der Waals surface area contributed by atoms with Gasteiger partial charge in [0, 0.05) is 17.2 Å². The highest BCUT2D eigenvalue weighted by Gasteiger charge is 2.35. The maximum atomic E-state index is 13.3. The van der Waals surface area contributed by atoms with Gasteiger partial charge in [0.05, 0.1) is 19.5 Å². The number of carbonyl (C=O) groups excluding carboxylic acids is 1. The number of hydrogen-bond acceptors (Lipinski definition) is 6. The van der Waals surface area contributed by atoms with Crippen molar-refractivity contribution in [2.24, 2.45) is 0 Å². The molecule has 0 unspecified atom stereocenters. The molecule has 6 nitrogen and oxygen atoms in total. The molecule has 166 valence electrons. The van der Waals surface area contributed by atoms with E-state index < -0.39 is 0 Å². The standard InChI is InChI=1S/C25H27N3O3S/c1-30-20-13-17-14-22(23(29)19(17)15-21(20)31-2)32-25-27-26-24(16-9-5-3-6-10-16)28(25)18-11-7-4-8-12-18/h3,5-6,9-10,13,15,18,22H,4,7-8,11-12,14H2,1-2H3/t22-/m1/s1. The Morgan fingerprint density at radius 1 is 0.969 bits per heavy atom. The van der Waals surface area contributed by atoms with Crippen LogP contribution in [0, 0.1) is 0 Å². The van der Waals surface area contributed by atoms with Gasteiger partial charge in [-0.2, -0.15) is 0 Å². The summed E-state index contributed by atoms with van der Waals surface area (Å²) in [4.78, 5) is 13.3. The molecular formula is C25H27N3O3S. The second kappa shape index (κ2) is 8.98. The quantitative estimate of drug-likeness (QED) is 0.504. The van der Waals surface area contributed by atoms with E-state index in [1.807, 2.05) is 24.3 Å². The van der Waals surface area contributed by atoms with Gasteiger partial charge in [-0.1, -0.05) is 61.4 Å². The van der Waals surface area contributed by atoms with Crippen molar-refractivity contribution in [1.82, 2.24) is 14.8 Å². The van der Waals surface area contributed by atoms with Crippen LogP contribution in [0.1, 0.15) is 54.1 Å². The van der Waals surface area contributed by atoms with E-state index in [0.717, 1.165) is 34.9 Å². The van der Waals surface area contributed by atoms with Gasteiger partial charge in [0.25, 0.3) is 0 Å². The fraction of sp³-hybridized carbons (Fsp3) is 0.400. The van der Waals surface area contributed by atoms with E-state index in [2.05, 4.69) is 26.9 Å². The number of ether oxygens (including phenoxy) is 2. The molecule has 0 bridgehead atoms. The first kappa shape index (κ1) is 21.1. The smallest absolute Gasteiger partial charge is 0.192 e. The van der Waals surface area contributed by atoms with E-state index in [0.29, 0.717) is 29.5 Å². The summed E-state index contributed by atoms with van der Waals surface area (Å²) in [6.45, 7) is 0. The highest BCUT2D eigenvalue weighted by molar-refractivity contribution is 8.00. The number of Topliss-reactive ketones (excluding diaryl/α,β-unsaturated/α-hetero) is 1. The summed E-state index contributed by atoms with van der Waals surface area (Å²) in [7, 11) is 3.21. The highest BCUT2D eigenvalue weighted by atomic mass is 32.2. The Bertz CT molecular complexity index is 1120. The molecule has 0 N–H and O–H groups in total. The van der Waals surface area contributed by atoms with Crippen molar-refractivity contribution < 1.29 is 14.3 Å². The molecule has 3 aromatic rings. The molecule has 0 saturated heterocycles. The first-order valence-corrected chi connectivity index (χ1v) is 12.0. The number of rotatable bonds is 6. The third kappa shape index (κ3) is 3.79. The molecule has 1 saturated carbocycles. The molecular weight excluding hydrogens is 422 g/mol. The topological polar surface area (TPSA) is 66.2 Å². The number of fused-ring (bicyclic) bond motifs is 1. The van der Waals surface area contributed by atoms with Gasteiger partial charge in [-0.25, -0.2) is 0 Å². The SMILES string of the molecule is COc1cc2c(cc1OC)C(=O)[C@H](Sc1nnc(-c3ccccc3)n1C1CCCCC1)C2. The maximum Gasteiger partial charge on any atom is 0.192 e. The van der Waals surface area contributed by atoms with Crippen molar-refractivity contribution in [3.05, 3.63) is 53.6 Å². The van der Waals surface area contributed by atoms with Crippen LogP contribution in [0.5, 0.6) is 11.5 Å². The molecule has 1 aromatic heterocycles. The van der Waals surface area contributed by atoms with Crippen molar-refractivity contribution in [3.8, 4) is 22.9 Å². The lowest BCUT2D eigenvalue weighted by molar-refractivity contribution is 0.0999. The summed E-state index contributed by atoms with van der Waals surface area (Å²) in [5, 5.41) is 9.75. The summed E-state index contributed by atoms with van der Waals surface area (Å²) < 4.78 is 13.1. The third-order valence-corrected chi connectivity index (χ3v) is 7.61. The molecule has 0 spiro atoms. The van der Waals surface area contributed by atoms with E-state index in [4.69, 9.17) is 9.47 Å². The third-order valence-electron chi connectivity index (χ3n) is 6.46. The van der Waals surface area contributed by atoms with Gasteiger partial charge < -0.3 is 9.47 Å². The van der Waals surface area contributed by atoms with Crippen LogP contribution in [-0.2, 0) is 6.42 Å². The lowest BCUT2D eigenvalue weighted by Crippen LogP contribution is -2.17. The molecule has 2 aliphatic carbocycles. The summed E-state index contributed by atoms with van der Waals surface area (Å²) >= 11 is 1.54. The van der Waals surface area contributed by atoms with Gasteiger partial charge in [0.15, 0.2) is 28.3 Å². The Kier molecular flexibility index (Phi) is 5.91. The second-order valence-electron chi connectivity index (χ2n) is 8.37. The van der Waals surface area contributed by atoms with Crippen LogP contribution < -0.4 is 9.47 Å². The molecule has 0 radical (unpaired) electrons. The number of thioether (sulfide) groups is 1. The molecule has 2 aliphatic rings. The lowest BCUT2D eigenvalue weighted by Gasteiger charge is -2.26. The Morgan fingerprint density at radius 2 is 1.69 bits per heavy atom. The summed E-state index contributed by atoms with van der Waals surface area (Å²) in [6.07, 6.45) is 6.61. The molecule has 32 heavy (non-hydrogen) atoms. The van der Waals surface area contributed by atoms with E-state index in [9.17, 15) is 4.79 Å². The molecule has 5 rings (SSSR count). The average molecular weight is 450 g/mol. The van der Waals surface area contributed by atoms with E-state index in [1.165, 1.54) is 31.0 Å². The van der Waals surface area contributed by atoms with Crippen molar-refractivity contribution >= 4 is 17.5 Å². The summed E-state index contributed by atoms with van der Waals surface area (Å²) in [5.41, 5.74) is 2.78. The Hall–Kier alpha value is -2.80. The van der Waals surface area contributed by atoms with Crippen LogP contribution in [0.3, 0.4) is 0 Å². The minimum atomic E-state index is -0.225.